The van der Waals surface area contributed by atoms with Crippen LogP contribution in [0.15, 0.2) is 29.0 Å². The molecule has 0 saturated heterocycles. The number of anilines is 2. The smallest absolute Gasteiger partial charge is 0.295 e. The van der Waals surface area contributed by atoms with Crippen LogP contribution in [0.5, 0.6) is 0 Å². The largest absolute Gasteiger partial charge is 0.363 e. The Balaban J connectivity index is 2.37. The van der Waals surface area contributed by atoms with Crippen LogP contribution >= 0.6 is 11.6 Å². The van der Waals surface area contributed by atoms with Crippen molar-refractivity contribution in [2.45, 2.75) is 0 Å². The number of nitrogens with zero attached hydrogens (tertiary/aromatic N) is 2. The number of nitro benzene ring substituents is 1. The lowest BCUT2D eigenvalue weighted by molar-refractivity contribution is -0.384. The topological polar surface area (TPSA) is 136 Å². The molecule has 10 heteroatoms. The van der Waals surface area contributed by atoms with E-state index in [0.717, 1.165) is 6.07 Å². The normalized spacial score (nSPS) is 10.1. The van der Waals surface area contributed by atoms with Crippen LogP contribution in [0, 0.1) is 10.1 Å². The Hall–Kier alpha value is -2.65. The van der Waals surface area contributed by atoms with Gasteiger partial charge in [0.05, 0.1) is 9.95 Å². The minimum atomic E-state index is -0.700. The molecule has 0 fully saturated rings. The summed E-state index contributed by atoms with van der Waals surface area (Å²) in [6.07, 6.45) is 1.27. The second-order valence-corrected chi connectivity index (χ2v) is 4.00. The summed E-state index contributed by atoms with van der Waals surface area (Å²) in [5, 5.41) is 16.7. The van der Waals surface area contributed by atoms with Crippen molar-refractivity contribution in [3.8, 4) is 0 Å². The number of aromatic nitrogens is 1. The lowest BCUT2D eigenvalue weighted by Gasteiger charge is -2.07. The molecule has 1 heterocycles. The van der Waals surface area contributed by atoms with E-state index in [9.17, 15) is 14.9 Å². The molecule has 2 rings (SSSR count). The first kappa shape index (κ1) is 13.8. The highest BCUT2D eigenvalue weighted by Crippen LogP contribution is 2.33. The molecule has 0 bridgehead atoms. The number of nitrogens with one attached hydrogen (secondary N) is 2. The highest BCUT2D eigenvalue weighted by Gasteiger charge is 2.21. The van der Waals surface area contributed by atoms with E-state index in [4.69, 9.17) is 17.4 Å². The summed E-state index contributed by atoms with van der Waals surface area (Å²) in [4.78, 5) is 22.1. The van der Waals surface area contributed by atoms with Crippen molar-refractivity contribution < 1.29 is 14.2 Å². The van der Waals surface area contributed by atoms with Crippen molar-refractivity contribution in [2.24, 2.45) is 5.84 Å². The van der Waals surface area contributed by atoms with Gasteiger partial charge in [0, 0.05) is 17.7 Å². The van der Waals surface area contributed by atoms with Gasteiger partial charge >= 0.3 is 0 Å². The van der Waals surface area contributed by atoms with E-state index in [0.29, 0.717) is 0 Å². The minimum Gasteiger partial charge on any atom is -0.363 e. The maximum Gasteiger partial charge on any atom is 0.295 e. The van der Waals surface area contributed by atoms with Gasteiger partial charge in [-0.3, -0.25) is 20.8 Å². The molecule has 9 nitrogen and oxygen atoms in total. The number of halogens is 1. The summed E-state index contributed by atoms with van der Waals surface area (Å²) in [6, 6.07) is 3.72. The number of hydrogen-bond acceptors (Lipinski definition) is 7. The summed E-state index contributed by atoms with van der Waals surface area (Å²) >= 11 is 5.84. The van der Waals surface area contributed by atoms with Gasteiger partial charge in [-0.15, -0.1) is 0 Å². The van der Waals surface area contributed by atoms with E-state index >= 15 is 0 Å². The van der Waals surface area contributed by atoms with E-state index in [-0.39, 0.29) is 22.1 Å². The summed E-state index contributed by atoms with van der Waals surface area (Å²) in [7, 11) is 0. The molecule has 0 spiro atoms. The fraction of sp³-hybridized carbons (Fsp3) is 0. The Morgan fingerprint density at radius 3 is 2.80 bits per heavy atom. The van der Waals surface area contributed by atoms with Crippen LogP contribution in [0.4, 0.5) is 17.2 Å². The van der Waals surface area contributed by atoms with Gasteiger partial charge in [0.25, 0.3) is 11.6 Å². The van der Waals surface area contributed by atoms with Crippen molar-refractivity contribution in [3.05, 3.63) is 45.2 Å². The minimum absolute atomic E-state index is 0.0105. The number of hydrogen-bond donors (Lipinski definition) is 3. The van der Waals surface area contributed by atoms with Crippen LogP contribution in [-0.4, -0.2) is 16.0 Å². The van der Waals surface area contributed by atoms with Crippen molar-refractivity contribution >= 4 is 34.7 Å². The average molecular weight is 298 g/mol. The monoisotopic (exact) mass is 297 g/mol. The molecule has 104 valence electrons. The van der Waals surface area contributed by atoms with Gasteiger partial charge in [0.15, 0.2) is 5.82 Å². The van der Waals surface area contributed by atoms with Crippen molar-refractivity contribution in [3.63, 3.8) is 0 Å². The van der Waals surface area contributed by atoms with E-state index < -0.39 is 16.5 Å². The average Bonchev–Trinajstić information content (AvgIpc) is 2.90. The summed E-state index contributed by atoms with van der Waals surface area (Å²) in [5.74, 6) is 4.72. The third-order valence-electron chi connectivity index (χ3n) is 2.35. The fourth-order valence-corrected chi connectivity index (χ4v) is 1.74. The van der Waals surface area contributed by atoms with Gasteiger partial charge in [0.1, 0.15) is 12.0 Å². The van der Waals surface area contributed by atoms with Crippen LogP contribution in [0.1, 0.15) is 10.4 Å². The molecule has 2 aromatic rings. The van der Waals surface area contributed by atoms with Gasteiger partial charge in [-0.05, 0) is 6.07 Å². The number of nitrogens with two attached hydrogens (primary N) is 1. The predicted octanol–water partition coefficient (Wildman–Crippen LogP) is 1.77. The van der Waals surface area contributed by atoms with Gasteiger partial charge in [-0.25, -0.2) is 0 Å². The third-order valence-corrected chi connectivity index (χ3v) is 2.65. The first-order valence-corrected chi connectivity index (χ1v) is 5.57. The molecule has 0 aliphatic heterocycles. The summed E-state index contributed by atoms with van der Waals surface area (Å²) < 4.78 is 4.55. The maximum absolute atomic E-state index is 11.9. The Labute approximate surface area is 116 Å². The first-order chi connectivity index (χ1) is 9.52. The van der Waals surface area contributed by atoms with Crippen molar-refractivity contribution in [1.82, 2.24) is 5.16 Å². The van der Waals surface area contributed by atoms with Gasteiger partial charge in [-0.2, -0.15) is 0 Å². The maximum atomic E-state index is 11.9. The third kappa shape index (κ3) is 2.68. The number of nitrogen functional groups attached to an aromatic ring is 1. The van der Waals surface area contributed by atoms with Crippen LogP contribution in [0.25, 0.3) is 0 Å². The molecule has 4 N–H and O–H groups in total. The number of benzene rings is 1. The number of amides is 1. The second-order valence-electron chi connectivity index (χ2n) is 3.59. The molecular weight excluding hydrogens is 290 g/mol. The zero-order valence-corrected chi connectivity index (χ0v) is 10.5. The molecular formula is C10H8ClN5O4. The molecule has 0 atom stereocenters. The lowest BCUT2D eigenvalue weighted by atomic mass is 10.1. The zero-order valence-electron chi connectivity index (χ0n) is 9.79. The Morgan fingerprint density at radius 2 is 2.25 bits per heavy atom. The molecule has 1 amide bonds. The Morgan fingerprint density at radius 1 is 1.50 bits per heavy atom. The van der Waals surface area contributed by atoms with E-state index in [1.807, 2.05) is 0 Å². The number of hydrazine groups is 1. The van der Waals surface area contributed by atoms with E-state index in [1.165, 1.54) is 18.4 Å². The number of nitro groups is 1. The van der Waals surface area contributed by atoms with Crippen LogP contribution in [0.2, 0.25) is 5.02 Å². The Bertz CT molecular complexity index is 658. The molecule has 0 saturated carbocycles. The van der Waals surface area contributed by atoms with E-state index in [2.05, 4.69) is 20.4 Å². The number of carbonyl (C=O) groups is 1. The first-order valence-electron chi connectivity index (χ1n) is 5.19. The van der Waals surface area contributed by atoms with Gasteiger partial charge < -0.3 is 15.3 Å². The highest BCUT2D eigenvalue weighted by molar-refractivity contribution is 6.34. The van der Waals surface area contributed by atoms with Gasteiger partial charge in [0.2, 0.25) is 0 Å². The van der Waals surface area contributed by atoms with Crippen LogP contribution in [-0.2, 0) is 0 Å². The number of rotatable bonds is 4. The molecule has 1 aromatic heterocycles. The predicted molar refractivity (Wildman–Crippen MR) is 70.4 cm³/mol. The molecule has 0 aliphatic carbocycles. The lowest BCUT2D eigenvalue weighted by Crippen LogP contribution is -2.14. The Kier molecular flexibility index (Phi) is 3.82. The second kappa shape index (κ2) is 5.55. The van der Waals surface area contributed by atoms with Gasteiger partial charge in [-0.1, -0.05) is 16.8 Å². The van der Waals surface area contributed by atoms with Crippen molar-refractivity contribution in [1.29, 1.82) is 0 Å². The van der Waals surface area contributed by atoms with Crippen molar-refractivity contribution in [2.75, 3.05) is 10.7 Å². The molecule has 1 aromatic carbocycles. The van der Waals surface area contributed by atoms with Crippen LogP contribution in [0.3, 0.4) is 0 Å². The van der Waals surface area contributed by atoms with E-state index in [1.54, 1.807) is 0 Å². The summed E-state index contributed by atoms with van der Waals surface area (Å²) in [6.45, 7) is 0. The SMILES string of the molecule is NNc1c(Cl)cc(C(=O)Nc2ccon2)cc1[N+](=O)[O-]. The molecule has 0 radical (unpaired) electrons. The van der Waals surface area contributed by atoms with Crippen LogP contribution < -0.4 is 16.6 Å². The fourth-order valence-electron chi connectivity index (χ4n) is 1.48. The quantitative estimate of drug-likeness (QED) is 0.444. The molecule has 0 aliphatic rings. The molecule has 20 heavy (non-hydrogen) atoms. The highest BCUT2D eigenvalue weighted by atomic mass is 35.5. The molecule has 0 unspecified atom stereocenters. The standard InChI is InChI=1S/C10H8ClN5O4/c11-6-3-5(4-7(16(18)19)9(6)14-12)10(17)13-8-1-2-20-15-8/h1-4,14H,12H2,(H,13,15,17). The summed E-state index contributed by atoms with van der Waals surface area (Å²) in [5.41, 5.74) is 1.63. The number of carbonyl (C=O) groups excluding carboxylic acids is 1. The zero-order chi connectivity index (χ0) is 14.7.